The van der Waals surface area contributed by atoms with Crippen LogP contribution in [0.4, 0.5) is 0 Å². The van der Waals surface area contributed by atoms with E-state index in [1.807, 2.05) is 13.8 Å². The Morgan fingerprint density at radius 3 is 2.58 bits per heavy atom. The second-order valence-corrected chi connectivity index (χ2v) is 10.8. The van der Waals surface area contributed by atoms with E-state index < -0.39 is 17.9 Å². The third-order valence-electron chi connectivity index (χ3n) is 7.55. The number of likely N-dealkylation sites (tertiary alicyclic amines) is 1. The summed E-state index contributed by atoms with van der Waals surface area (Å²) in [5.74, 6) is 0.271. The molecule has 4 rings (SSSR count). The molecule has 3 heterocycles. The Morgan fingerprint density at radius 2 is 1.95 bits per heavy atom. The van der Waals surface area contributed by atoms with Crippen LogP contribution in [0.3, 0.4) is 0 Å². The molecule has 1 unspecified atom stereocenters. The van der Waals surface area contributed by atoms with Gasteiger partial charge in [0.25, 0.3) is 0 Å². The highest BCUT2D eigenvalue weighted by Gasteiger charge is 2.40. The SMILES string of the molecule is CNC(=O)[C@H](C)[C@@H](C)C(=O)N1CCc2c(Cl)ccc(OCc3noc(C(C)C)n3)c2C1CN1CCCC1=O. The molecule has 2 aliphatic heterocycles. The lowest BCUT2D eigenvalue weighted by Gasteiger charge is -2.41. The first-order valence-electron chi connectivity index (χ1n) is 13.2. The van der Waals surface area contributed by atoms with Crippen molar-refractivity contribution in [2.75, 3.05) is 26.7 Å². The van der Waals surface area contributed by atoms with Gasteiger partial charge < -0.3 is 24.4 Å². The Hall–Kier alpha value is -3.14. The molecule has 0 bridgehead atoms. The van der Waals surface area contributed by atoms with E-state index in [4.69, 9.17) is 20.9 Å². The number of hydrogen-bond acceptors (Lipinski definition) is 7. The van der Waals surface area contributed by atoms with E-state index >= 15 is 0 Å². The second kappa shape index (κ2) is 11.7. The van der Waals surface area contributed by atoms with E-state index in [1.54, 1.807) is 42.8 Å². The zero-order valence-electron chi connectivity index (χ0n) is 22.6. The summed E-state index contributed by atoms with van der Waals surface area (Å²) in [6.07, 6.45) is 1.81. The number of ether oxygens (including phenoxy) is 1. The quantitative estimate of drug-likeness (QED) is 0.512. The van der Waals surface area contributed by atoms with Crippen molar-refractivity contribution in [2.24, 2.45) is 11.8 Å². The Balaban J connectivity index is 1.69. The van der Waals surface area contributed by atoms with Crippen LogP contribution in [0.1, 0.15) is 75.3 Å². The number of carbonyl (C=O) groups excluding carboxylic acids is 3. The number of amides is 3. The fourth-order valence-corrected chi connectivity index (χ4v) is 5.36. The van der Waals surface area contributed by atoms with Gasteiger partial charge in [-0.25, -0.2) is 0 Å². The predicted molar refractivity (Wildman–Crippen MR) is 141 cm³/mol. The van der Waals surface area contributed by atoms with Crippen molar-refractivity contribution in [3.63, 3.8) is 0 Å². The molecule has 2 aromatic rings. The molecule has 2 aliphatic rings. The first-order valence-corrected chi connectivity index (χ1v) is 13.6. The van der Waals surface area contributed by atoms with Gasteiger partial charge in [-0.2, -0.15) is 4.98 Å². The first kappa shape index (κ1) is 27.9. The fourth-order valence-electron chi connectivity index (χ4n) is 5.10. The summed E-state index contributed by atoms with van der Waals surface area (Å²) in [5, 5.41) is 7.23. The van der Waals surface area contributed by atoms with E-state index in [0.29, 0.717) is 55.0 Å². The average Bonchev–Trinajstić information content (AvgIpc) is 3.56. The molecule has 10 nitrogen and oxygen atoms in total. The second-order valence-electron chi connectivity index (χ2n) is 10.4. The molecule has 1 N–H and O–H groups in total. The van der Waals surface area contributed by atoms with Crippen molar-refractivity contribution < 1.29 is 23.6 Å². The number of hydrogen-bond donors (Lipinski definition) is 1. The monoisotopic (exact) mass is 545 g/mol. The molecule has 3 atom stereocenters. The molecular weight excluding hydrogens is 510 g/mol. The van der Waals surface area contributed by atoms with Crippen molar-refractivity contribution >= 4 is 29.3 Å². The number of rotatable bonds is 9. The minimum atomic E-state index is -0.550. The van der Waals surface area contributed by atoms with Gasteiger partial charge in [0, 0.05) is 61.4 Å². The third kappa shape index (κ3) is 5.65. The summed E-state index contributed by atoms with van der Waals surface area (Å²) in [6, 6.07) is 3.10. The van der Waals surface area contributed by atoms with Crippen LogP contribution in [-0.4, -0.2) is 64.3 Å². The van der Waals surface area contributed by atoms with Gasteiger partial charge >= 0.3 is 0 Å². The number of aromatic nitrogens is 2. The van der Waals surface area contributed by atoms with E-state index in [1.165, 1.54) is 0 Å². The molecule has 3 amide bonds. The van der Waals surface area contributed by atoms with Gasteiger partial charge in [0.2, 0.25) is 29.4 Å². The molecular formula is C27H36ClN5O5. The van der Waals surface area contributed by atoms with E-state index in [0.717, 1.165) is 17.5 Å². The normalized spacial score (nSPS) is 18.9. The summed E-state index contributed by atoms with van der Waals surface area (Å²) in [5.41, 5.74) is 1.68. The molecule has 0 radical (unpaired) electrons. The Kier molecular flexibility index (Phi) is 8.60. The standard InChI is InChI=1S/C27H36ClN5O5/c1-15(2)26-30-22(31-38-26)14-37-21-9-8-19(28)18-10-12-33(27(36)17(4)16(3)25(35)29-5)20(24(18)21)13-32-11-6-7-23(32)34/h8-9,15-17,20H,6-7,10-14H2,1-5H3,(H,29,35)/t16-,17-,20?/m1/s1. The average molecular weight is 546 g/mol. The summed E-state index contributed by atoms with van der Waals surface area (Å²) < 4.78 is 11.5. The number of fused-ring (bicyclic) bond motifs is 1. The highest BCUT2D eigenvalue weighted by atomic mass is 35.5. The lowest BCUT2D eigenvalue weighted by Crippen LogP contribution is -2.49. The van der Waals surface area contributed by atoms with Crippen LogP contribution in [0.2, 0.25) is 5.02 Å². The summed E-state index contributed by atoms with van der Waals surface area (Å²) >= 11 is 6.65. The van der Waals surface area contributed by atoms with Crippen LogP contribution in [0.25, 0.3) is 0 Å². The van der Waals surface area contributed by atoms with Gasteiger partial charge in [-0.15, -0.1) is 0 Å². The minimum Gasteiger partial charge on any atom is -0.485 e. The van der Waals surface area contributed by atoms with Crippen LogP contribution >= 0.6 is 11.6 Å². The molecule has 206 valence electrons. The number of benzene rings is 1. The first-order chi connectivity index (χ1) is 18.1. The molecule has 1 fully saturated rings. The van der Waals surface area contributed by atoms with Gasteiger partial charge in [0.1, 0.15) is 5.75 Å². The van der Waals surface area contributed by atoms with Crippen molar-refractivity contribution in [1.29, 1.82) is 0 Å². The maximum atomic E-state index is 13.8. The lowest BCUT2D eigenvalue weighted by atomic mass is 9.87. The van der Waals surface area contributed by atoms with Crippen LogP contribution in [0.5, 0.6) is 5.75 Å². The summed E-state index contributed by atoms with van der Waals surface area (Å²) in [4.78, 5) is 46.7. The van der Waals surface area contributed by atoms with Crippen molar-refractivity contribution in [3.8, 4) is 5.75 Å². The van der Waals surface area contributed by atoms with Crippen LogP contribution < -0.4 is 10.1 Å². The van der Waals surface area contributed by atoms with Gasteiger partial charge in [0.05, 0.1) is 6.04 Å². The van der Waals surface area contributed by atoms with Crippen molar-refractivity contribution in [2.45, 2.75) is 65.5 Å². The van der Waals surface area contributed by atoms with E-state index in [-0.39, 0.29) is 30.2 Å². The maximum Gasteiger partial charge on any atom is 0.229 e. The molecule has 0 saturated carbocycles. The molecule has 1 aromatic heterocycles. The Bertz CT molecular complexity index is 1200. The number of halogens is 1. The largest absolute Gasteiger partial charge is 0.485 e. The zero-order chi connectivity index (χ0) is 27.6. The van der Waals surface area contributed by atoms with Gasteiger partial charge in [-0.3, -0.25) is 14.4 Å². The number of nitrogens with one attached hydrogen (secondary N) is 1. The third-order valence-corrected chi connectivity index (χ3v) is 7.91. The number of nitrogens with zero attached hydrogens (tertiary/aromatic N) is 4. The molecule has 1 saturated heterocycles. The minimum absolute atomic E-state index is 0.0637. The summed E-state index contributed by atoms with van der Waals surface area (Å²) in [6.45, 7) is 8.93. The van der Waals surface area contributed by atoms with Crippen LogP contribution in [-0.2, 0) is 27.4 Å². The molecule has 0 aliphatic carbocycles. The van der Waals surface area contributed by atoms with E-state index in [9.17, 15) is 14.4 Å². The van der Waals surface area contributed by atoms with Gasteiger partial charge in [-0.1, -0.05) is 44.5 Å². The number of carbonyl (C=O) groups is 3. The highest BCUT2D eigenvalue weighted by molar-refractivity contribution is 6.31. The zero-order valence-corrected chi connectivity index (χ0v) is 23.4. The highest BCUT2D eigenvalue weighted by Crippen LogP contribution is 2.42. The Morgan fingerprint density at radius 1 is 1.18 bits per heavy atom. The Labute approximate surface area is 228 Å². The van der Waals surface area contributed by atoms with Crippen molar-refractivity contribution in [3.05, 3.63) is 40.0 Å². The predicted octanol–water partition coefficient (Wildman–Crippen LogP) is 3.49. The fraction of sp³-hybridized carbons (Fsp3) is 0.593. The van der Waals surface area contributed by atoms with E-state index in [2.05, 4.69) is 15.5 Å². The molecule has 1 aromatic carbocycles. The maximum absolute atomic E-state index is 13.8. The van der Waals surface area contributed by atoms with Crippen LogP contribution in [0.15, 0.2) is 16.7 Å². The summed E-state index contributed by atoms with van der Waals surface area (Å²) in [7, 11) is 1.56. The van der Waals surface area contributed by atoms with Crippen molar-refractivity contribution in [1.82, 2.24) is 25.3 Å². The topological polar surface area (TPSA) is 118 Å². The molecule has 11 heteroatoms. The van der Waals surface area contributed by atoms with Gasteiger partial charge in [0.15, 0.2) is 6.61 Å². The molecule has 0 spiro atoms. The smallest absolute Gasteiger partial charge is 0.229 e. The molecule has 38 heavy (non-hydrogen) atoms. The van der Waals surface area contributed by atoms with Gasteiger partial charge in [-0.05, 0) is 30.5 Å². The lowest BCUT2D eigenvalue weighted by molar-refractivity contribution is -0.144. The van der Waals surface area contributed by atoms with Crippen LogP contribution in [0, 0.1) is 11.8 Å².